The highest BCUT2D eigenvalue weighted by Crippen LogP contribution is 2.18. The highest BCUT2D eigenvalue weighted by molar-refractivity contribution is 5.76. The molecule has 84 valence electrons. The van der Waals surface area contributed by atoms with Gasteiger partial charge in [0, 0.05) is 0 Å². The van der Waals surface area contributed by atoms with Crippen LogP contribution in [0.4, 0.5) is 0 Å². The minimum Gasteiger partial charge on any atom is -0.465 e. The van der Waals surface area contributed by atoms with Gasteiger partial charge >= 0.3 is 5.97 Å². The Morgan fingerprint density at radius 2 is 2.33 bits per heavy atom. The lowest BCUT2D eigenvalue weighted by Crippen LogP contribution is -2.38. The molecule has 5 nitrogen and oxygen atoms in total. The smallest absolute Gasteiger partial charge is 0.326 e. The molecule has 0 saturated carbocycles. The third-order valence-corrected chi connectivity index (χ3v) is 1.95. The van der Waals surface area contributed by atoms with Gasteiger partial charge in [-0.3, -0.25) is 4.79 Å². The van der Waals surface area contributed by atoms with Crippen LogP contribution < -0.4 is 5.73 Å². The van der Waals surface area contributed by atoms with E-state index in [1.165, 1.54) is 0 Å². The first-order chi connectivity index (χ1) is 7.06. The zero-order chi connectivity index (χ0) is 11.4. The minimum atomic E-state index is -1.17. The lowest BCUT2D eigenvalue weighted by Gasteiger charge is -2.14. The number of ether oxygens (including phenoxy) is 1. The van der Waals surface area contributed by atoms with Crippen LogP contribution in [0.1, 0.15) is 24.5 Å². The fourth-order valence-electron chi connectivity index (χ4n) is 1.16. The second-order valence-corrected chi connectivity index (χ2v) is 3.17. The average Bonchev–Trinajstić information content (AvgIpc) is 2.63. The molecule has 3 N–H and O–H groups in total. The molecule has 1 aromatic heterocycles. The largest absolute Gasteiger partial charge is 0.465 e. The molecule has 2 atom stereocenters. The van der Waals surface area contributed by atoms with E-state index < -0.39 is 18.1 Å². The summed E-state index contributed by atoms with van der Waals surface area (Å²) in [5.74, 6) is 0.284. The van der Waals surface area contributed by atoms with Gasteiger partial charge in [-0.15, -0.1) is 0 Å². The Morgan fingerprint density at radius 3 is 2.80 bits per heavy atom. The van der Waals surface area contributed by atoms with Gasteiger partial charge in [-0.25, -0.2) is 0 Å². The fourth-order valence-corrected chi connectivity index (χ4v) is 1.16. The van der Waals surface area contributed by atoms with Crippen molar-refractivity contribution < 1.29 is 19.1 Å². The van der Waals surface area contributed by atoms with Crippen molar-refractivity contribution in [3.8, 4) is 0 Å². The number of carbonyl (C=O) groups excluding carboxylic acids is 1. The molecule has 5 heteroatoms. The SMILES string of the molecule is CCOC(=O)C(N)C(O)c1ccc(C)o1. The van der Waals surface area contributed by atoms with E-state index in [4.69, 9.17) is 10.2 Å². The number of aliphatic hydroxyl groups excluding tert-OH is 1. The van der Waals surface area contributed by atoms with Crippen LogP contribution in [0.15, 0.2) is 16.5 Å². The van der Waals surface area contributed by atoms with E-state index in [0.717, 1.165) is 0 Å². The van der Waals surface area contributed by atoms with Crippen molar-refractivity contribution in [2.24, 2.45) is 5.73 Å². The fraction of sp³-hybridized carbons (Fsp3) is 0.500. The third-order valence-electron chi connectivity index (χ3n) is 1.95. The summed E-state index contributed by atoms with van der Waals surface area (Å²) >= 11 is 0. The summed E-state index contributed by atoms with van der Waals surface area (Å²) in [5.41, 5.74) is 5.50. The lowest BCUT2D eigenvalue weighted by molar-refractivity contribution is -0.147. The molecule has 1 heterocycles. The van der Waals surface area contributed by atoms with E-state index in [2.05, 4.69) is 4.74 Å². The predicted molar refractivity (Wildman–Crippen MR) is 53.0 cm³/mol. The van der Waals surface area contributed by atoms with E-state index in [1.54, 1.807) is 26.0 Å². The van der Waals surface area contributed by atoms with Crippen molar-refractivity contribution in [2.75, 3.05) is 6.61 Å². The van der Waals surface area contributed by atoms with Gasteiger partial charge in [0.2, 0.25) is 0 Å². The molecule has 0 fully saturated rings. The number of hydrogen-bond acceptors (Lipinski definition) is 5. The van der Waals surface area contributed by atoms with Crippen molar-refractivity contribution >= 4 is 5.97 Å². The summed E-state index contributed by atoms with van der Waals surface area (Å²) in [6, 6.07) is 2.16. The molecule has 0 radical (unpaired) electrons. The van der Waals surface area contributed by atoms with Crippen LogP contribution in [0.3, 0.4) is 0 Å². The number of esters is 1. The quantitative estimate of drug-likeness (QED) is 0.712. The number of furan rings is 1. The van der Waals surface area contributed by atoms with E-state index in [0.29, 0.717) is 5.76 Å². The first-order valence-electron chi connectivity index (χ1n) is 4.73. The number of aliphatic hydroxyl groups is 1. The standard InChI is InChI=1S/C10H15NO4/c1-3-14-10(13)8(11)9(12)7-5-4-6(2)15-7/h4-5,8-9,12H,3,11H2,1-2H3. The second kappa shape index (κ2) is 4.95. The maximum Gasteiger partial charge on any atom is 0.326 e. The summed E-state index contributed by atoms with van der Waals surface area (Å²) in [5, 5.41) is 9.68. The van der Waals surface area contributed by atoms with Crippen LogP contribution in [-0.2, 0) is 9.53 Å². The van der Waals surface area contributed by atoms with Crippen molar-refractivity contribution in [2.45, 2.75) is 26.0 Å². The van der Waals surface area contributed by atoms with Crippen LogP contribution >= 0.6 is 0 Å². The Labute approximate surface area is 87.8 Å². The molecule has 0 amide bonds. The zero-order valence-corrected chi connectivity index (χ0v) is 8.77. The molecule has 2 unspecified atom stereocenters. The van der Waals surface area contributed by atoms with Crippen molar-refractivity contribution in [1.29, 1.82) is 0 Å². The minimum absolute atomic E-state index is 0.233. The lowest BCUT2D eigenvalue weighted by atomic mass is 10.1. The van der Waals surface area contributed by atoms with Gasteiger partial charge in [-0.2, -0.15) is 0 Å². The first-order valence-corrected chi connectivity index (χ1v) is 4.73. The normalized spacial score (nSPS) is 14.7. The summed E-state index contributed by atoms with van der Waals surface area (Å²) in [6.45, 7) is 3.65. The van der Waals surface area contributed by atoms with Gasteiger partial charge in [0.05, 0.1) is 6.61 Å². The summed E-state index contributed by atoms with van der Waals surface area (Å²) in [7, 11) is 0. The van der Waals surface area contributed by atoms with E-state index >= 15 is 0 Å². The summed E-state index contributed by atoms with van der Waals surface area (Å²) in [4.78, 5) is 11.2. The van der Waals surface area contributed by atoms with Crippen LogP contribution in [0.25, 0.3) is 0 Å². The molecule has 0 aliphatic rings. The van der Waals surface area contributed by atoms with Crippen LogP contribution in [0, 0.1) is 6.92 Å². The highest BCUT2D eigenvalue weighted by Gasteiger charge is 2.27. The Morgan fingerprint density at radius 1 is 1.67 bits per heavy atom. The van der Waals surface area contributed by atoms with Crippen LogP contribution in [0.2, 0.25) is 0 Å². The zero-order valence-electron chi connectivity index (χ0n) is 8.77. The second-order valence-electron chi connectivity index (χ2n) is 3.17. The van der Waals surface area contributed by atoms with E-state index in [1.807, 2.05) is 0 Å². The Hall–Kier alpha value is -1.33. The number of carbonyl (C=O) groups is 1. The van der Waals surface area contributed by atoms with Crippen LogP contribution in [-0.4, -0.2) is 23.7 Å². The molecular formula is C10H15NO4. The number of rotatable bonds is 4. The maximum absolute atomic E-state index is 11.2. The topological polar surface area (TPSA) is 85.7 Å². The number of nitrogens with two attached hydrogens (primary N) is 1. The van der Waals surface area contributed by atoms with Gasteiger partial charge in [0.25, 0.3) is 0 Å². The van der Waals surface area contributed by atoms with Crippen molar-refractivity contribution in [1.82, 2.24) is 0 Å². The number of hydrogen-bond donors (Lipinski definition) is 2. The summed E-state index contributed by atoms with van der Waals surface area (Å²) < 4.78 is 9.84. The summed E-state index contributed by atoms with van der Waals surface area (Å²) in [6.07, 6.45) is -1.17. The maximum atomic E-state index is 11.2. The molecule has 1 aromatic rings. The Bertz CT molecular complexity index is 334. The van der Waals surface area contributed by atoms with Gasteiger partial charge in [0.15, 0.2) is 0 Å². The first kappa shape index (κ1) is 11.7. The van der Waals surface area contributed by atoms with Crippen molar-refractivity contribution in [3.63, 3.8) is 0 Å². The number of aryl methyl sites for hydroxylation is 1. The molecule has 15 heavy (non-hydrogen) atoms. The van der Waals surface area contributed by atoms with Crippen molar-refractivity contribution in [3.05, 3.63) is 23.7 Å². The molecule has 0 spiro atoms. The third kappa shape index (κ3) is 2.81. The predicted octanol–water partition coefficient (Wildman–Crippen LogP) is 0.512. The van der Waals surface area contributed by atoms with Gasteiger partial charge < -0.3 is 20.0 Å². The van der Waals surface area contributed by atoms with Gasteiger partial charge in [0.1, 0.15) is 23.7 Å². The molecule has 0 saturated heterocycles. The Balaban J connectivity index is 2.67. The average molecular weight is 213 g/mol. The molecule has 0 aromatic carbocycles. The highest BCUT2D eigenvalue weighted by atomic mass is 16.5. The monoisotopic (exact) mass is 213 g/mol. The molecular weight excluding hydrogens is 198 g/mol. The molecule has 0 aliphatic heterocycles. The van der Waals surface area contributed by atoms with E-state index in [-0.39, 0.29) is 12.4 Å². The van der Waals surface area contributed by atoms with E-state index in [9.17, 15) is 9.90 Å². The van der Waals surface area contributed by atoms with Crippen LogP contribution in [0.5, 0.6) is 0 Å². The molecule has 0 aliphatic carbocycles. The molecule has 1 rings (SSSR count). The Kier molecular flexibility index (Phi) is 3.88. The van der Waals surface area contributed by atoms with Gasteiger partial charge in [-0.1, -0.05) is 0 Å². The molecule has 0 bridgehead atoms. The van der Waals surface area contributed by atoms with Gasteiger partial charge in [-0.05, 0) is 26.0 Å².